The summed E-state index contributed by atoms with van der Waals surface area (Å²) in [5.41, 5.74) is 2.91. The van der Waals surface area contributed by atoms with Gasteiger partial charge in [-0.05, 0) is 25.0 Å². The molecule has 0 bridgehead atoms. The number of morpholine rings is 1. The van der Waals surface area contributed by atoms with Gasteiger partial charge < -0.3 is 4.74 Å². The van der Waals surface area contributed by atoms with Gasteiger partial charge in [0.05, 0.1) is 18.0 Å². The van der Waals surface area contributed by atoms with Crippen molar-refractivity contribution in [2.45, 2.75) is 31.8 Å². The van der Waals surface area contributed by atoms with Crippen molar-refractivity contribution in [1.29, 1.82) is 0 Å². The number of aryl methyl sites for hydroxylation is 1. The standard InChI is InChI=1S/C19H23NO3S/c1-15-7-6-8-17(11-15)14-24(21,22)20-12-16(2)23-19(13-20)18-9-4-3-5-10-18/h3-11,16,19H,12-14H2,1-2H3. The number of sulfonamides is 1. The van der Waals surface area contributed by atoms with E-state index in [9.17, 15) is 8.42 Å². The molecular formula is C19H23NO3S. The van der Waals surface area contributed by atoms with Crippen molar-refractivity contribution in [2.24, 2.45) is 0 Å². The van der Waals surface area contributed by atoms with E-state index in [0.717, 1.165) is 16.7 Å². The fourth-order valence-corrected chi connectivity index (χ4v) is 4.68. The van der Waals surface area contributed by atoms with Crippen LogP contribution in [-0.2, 0) is 20.5 Å². The lowest BCUT2D eigenvalue weighted by atomic mass is 10.1. The van der Waals surface area contributed by atoms with Gasteiger partial charge in [0.1, 0.15) is 0 Å². The van der Waals surface area contributed by atoms with Crippen molar-refractivity contribution < 1.29 is 13.2 Å². The largest absolute Gasteiger partial charge is 0.368 e. The summed E-state index contributed by atoms with van der Waals surface area (Å²) in [5.74, 6) is 0.0307. The molecule has 2 atom stereocenters. The summed E-state index contributed by atoms with van der Waals surface area (Å²) >= 11 is 0. The van der Waals surface area contributed by atoms with Crippen LogP contribution in [0.15, 0.2) is 54.6 Å². The number of rotatable bonds is 4. The van der Waals surface area contributed by atoms with Gasteiger partial charge >= 0.3 is 0 Å². The Morgan fingerprint density at radius 1 is 1.08 bits per heavy atom. The fraction of sp³-hybridized carbons (Fsp3) is 0.368. The van der Waals surface area contributed by atoms with Crippen molar-refractivity contribution in [3.8, 4) is 0 Å². The molecule has 3 rings (SSSR count). The molecule has 0 aliphatic carbocycles. The zero-order valence-corrected chi connectivity index (χ0v) is 14.9. The molecule has 4 nitrogen and oxygen atoms in total. The number of benzene rings is 2. The third kappa shape index (κ3) is 4.04. The topological polar surface area (TPSA) is 46.6 Å². The van der Waals surface area contributed by atoms with Gasteiger partial charge in [0.2, 0.25) is 10.0 Å². The Labute approximate surface area is 144 Å². The van der Waals surface area contributed by atoms with Crippen LogP contribution in [0.1, 0.15) is 29.7 Å². The summed E-state index contributed by atoms with van der Waals surface area (Å²) in [6, 6.07) is 17.5. The summed E-state index contributed by atoms with van der Waals surface area (Å²) in [6.07, 6.45) is -0.349. The second kappa shape index (κ2) is 7.05. The van der Waals surface area contributed by atoms with E-state index in [2.05, 4.69) is 0 Å². The summed E-state index contributed by atoms with van der Waals surface area (Å²) in [4.78, 5) is 0. The van der Waals surface area contributed by atoms with Crippen LogP contribution in [0.2, 0.25) is 0 Å². The zero-order chi connectivity index (χ0) is 17.2. The Morgan fingerprint density at radius 2 is 1.83 bits per heavy atom. The van der Waals surface area contributed by atoms with E-state index in [4.69, 9.17) is 4.74 Å². The summed E-state index contributed by atoms with van der Waals surface area (Å²) < 4.78 is 33.2. The molecule has 1 aliphatic rings. The maximum atomic E-state index is 12.9. The SMILES string of the molecule is Cc1cccc(CS(=O)(=O)N2CC(C)OC(c3ccccc3)C2)c1. The quantitative estimate of drug-likeness (QED) is 0.854. The van der Waals surface area contributed by atoms with Crippen LogP contribution in [0.5, 0.6) is 0 Å². The highest BCUT2D eigenvalue weighted by molar-refractivity contribution is 7.88. The first-order chi connectivity index (χ1) is 11.4. The molecule has 2 aromatic carbocycles. The molecule has 5 heteroatoms. The van der Waals surface area contributed by atoms with Crippen LogP contribution < -0.4 is 0 Å². The summed E-state index contributed by atoms with van der Waals surface area (Å²) in [5, 5.41) is 0. The lowest BCUT2D eigenvalue weighted by Crippen LogP contribution is -2.46. The van der Waals surface area contributed by atoms with Gasteiger partial charge in [0.15, 0.2) is 0 Å². The molecule has 0 aromatic heterocycles. The minimum Gasteiger partial charge on any atom is -0.368 e. The maximum absolute atomic E-state index is 12.9. The fourth-order valence-electron chi connectivity index (χ4n) is 3.10. The second-order valence-electron chi connectivity index (χ2n) is 6.41. The van der Waals surface area contributed by atoms with E-state index in [0.29, 0.717) is 13.1 Å². The van der Waals surface area contributed by atoms with Gasteiger partial charge in [0, 0.05) is 13.1 Å². The van der Waals surface area contributed by atoms with Crippen LogP contribution in [0.25, 0.3) is 0 Å². The van der Waals surface area contributed by atoms with Crippen LogP contribution in [-0.4, -0.2) is 31.9 Å². The number of hydrogen-bond acceptors (Lipinski definition) is 3. The van der Waals surface area contributed by atoms with E-state index < -0.39 is 10.0 Å². The van der Waals surface area contributed by atoms with Gasteiger partial charge in [-0.15, -0.1) is 0 Å². The van der Waals surface area contributed by atoms with Gasteiger partial charge in [-0.1, -0.05) is 60.2 Å². The number of ether oxygens (including phenoxy) is 1. The first-order valence-electron chi connectivity index (χ1n) is 8.18. The van der Waals surface area contributed by atoms with E-state index in [1.807, 2.05) is 68.4 Å². The van der Waals surface area contributed by atoms with Crippen LogP contribution >= 0.6 is 0 Å². The zero-order valence-electron chi connectivity index (χ0n) is 14.1. The maximum Gasteiger partial charge on any atom is 0.218 e. The van der Waals surface area contributed by atoms with E-state index in [1.165, 1.54) is 0 Å². The lowest BCUT2D eigenvalue weighted by Gasteiger charge is -2.36. The minimum absolute atomic E-state index is 0.0307. The molecule has 0 N–H and O–H groups in total. The van der Waals surface area contributed by atoms with Crippen LogP contribution in [0.3, 0.4) is 0 Å². The van der Waals surface area contributed by atoms with Crippen molar-refractivity contribution >= 4 is 10.0 Å². The normalized spacial score (nSPS) is 22.4. The Bertz CT molecular complexity index is 789. The van der Waals surface area contributed by atoms with Crippen molar-refractivity contribution in [1.82, 2.24) is 4.31 Å². The summed E-state index contributed by atoms with van der Waals surface area (Å²) in [7, 11) is -3.37. The lowest BCUT2D eigenvalue weighted by molar-refractivity contribution is -0.0557. The van der Waals surface area contributed by atoms with Gasteiger partial charge in [-0.25, -0.2) is 8.42 Å². The van der Waals surface area contributed by atoms with Crippen LogP contribution in [0, 0.1) is 6.92 Å². The molecule has 1 aliphatic heterocycles. The van der Waals surface area contributed by atoms with Gasteiger partial charge in [0.25, 0.3) is 0 Å². The Balaban J connectivity index is 1.79. The molecule has 128 valence electrons. The highest BCUT2D eigenvalue weighted by atomic mass is 32.2. The predicted octanol–water partition coefficient (Wildman–Crippen LogP) is 3.29. The number of nitrogens with zero attached hydrogens (tertiary/aromatic N) is 1. The summed E-state index contributed by atoms with van der Waals surface area (Å²) in [6.45, 7) is 4.66. The molecular weight excluding hydrogens is 322 g/mol. The molecule has 0 radical (unpaired) electrons. The highest BCUT2D eigenvalue weighted by Gasteiger charge is 2.33. The first kappa shape index (κ1) is 17.1. The molecule has 24 heavy (non-hydrogen) atoms. The van der Waals surface area contributed by atoms with Crippen molar-refractivity contribution in [3.63, 3.8) is 0 Å². The molecule has 2 aromatic rings. The minimum atomic E-state index is -3.37. The third-order valence-corrected chi connectivity index (χ3v) is 6.01. The van der Waals surface area contributed by atoms with E-state index in [1.54, 1.807) is 4.31 Å². The van der Waals surface area contributed by atoms with Crippen molar-refractivity contribution in [3.05, 3.63) is 71.3 Å². The van der Waals surface area contributed by atoms with Crippen molar-refractivity contribution in [2.75, 3.05) is 13.1 Å². The van der Waals surface area contributed by atoms with Gasteiger partial charge in [-0.2, -0.15) is 4.31 Å². The van der Waals surface area contributed by atoms with E-state index in [-0.39, 0.29) is 18.0 Å². The Hall–Kier alpha value is -1.69. The Morgan fingerprint density at radius 3 is 2.54 bits per heavy atom. The van der Waals surface area contributed by atoms with E-state index >= 15 is 0 Å². The molecule has 2 unspecified atom stereocenters. The molecule has 0 spiro atoms. The molecule has 0 saturated carbocycles. The monoisotopic (exact) mass is 345 g/mol. The predicted molar refractivity (Wildman–Crippen MR) is 95.1 cm³/mol. The third-order valence-electron chi connectivity index (χ3n) is 4.22. The first-order valence-corrected chi connectivity index (χ1v) is 9.79. The second-order valence-corrected chi connectivity index (χ2v) is 8.38. The molecule has 1 fully saturated rings. The van der Waals surface area contributed by atoms with Gasteiger partial charge in [-0.3, -0.25) is 0 Å². The average molecular weight is 345 g/mol. The Kier molecular flexibility index (Phi) is 5.04. The highest BCUT2D eigenvalue weighted by Crippen LogP contribution is 2.27. The number of hydrogen-bond donors (Lipinski definition) is 0. The smallest absolute Gasteiger partial charge is 0.218 e. The average Bonchev–Trinajstić information content (AvgIpc) is 2.55. The molecule has 1 saturated heterocycles. The molecule has 0 amide bonds. The molecule has 1 heterocycles. The van der Waals surface area contributed by atoms with Crippen LogP contribution in [0.4, 0.5) is 0 Å².